The number of hydrogen-bond donors (Lipinski definition) is 4. The predicted octanol–water partition coefficient (Wildman–Crippen LogP) is 3.59. The van der Waals surface area contributed by atoms with Crippen LogP contribution >= 0.6 is 0 Å². The Morgan fingerprint density at radius 1 is 0.946 bits per heavy atom. The summed E-state index contributed by atoms with van der Waals surface area (Å²) in [5, 5.41) is 18.6. The van der Waals surface area contributed by atoms with Crippen LogP contribution in [0.3, 0.4) is 0 Å². The lowest BCUT2D eigenvalue weighted by atomic mass is 10.1. The van der Waals surface area contributed by atoms with E-state index in [1.165, 1.54) is 24.3 Å². The Balaban J connectivity index is 1.89. The highest BCUT2D eigenvalue weighted by Gasteiger charge is 2.24. The smallest absolute Gasteiger partial charge is 0.411 e. The fourth-order valence-corrected chi connectivity index (χ4v) is 3.13. The monoisotopic (exact) mass is 516 g/mol. The zero-order chi connectivity index (χ0) is 27.4. The molecule has 12 nitrogen and oxygen atoms in total. The molecule has 2 rings (SSSR count). The summed E-state index contributed by atoms with van der Waals surface area (Å²) in [5.74, 6) is -0.374. The highest BCUT2D eigenvalue weighted by Crippen LogP contribution is 2.16. The SMILES string of the molecule is CC(C)(C)OC(=O)NC(CCCC[NH3+])C(=O)Nc1ccc(COC(=O)Nc2ccc([N+](=O)[O-])cc2)cc1. The molecule has 0 saturated carbocycles. The number of carbonyl (C=O) groups excluding carboxylic acids is 3. The number of nitrogens with zero attached hydrogens (tertiary/aromatic N) is 1. The standard InChI is InChI=1S/C25H33N5O7/c1-25(2,3)37-24(33)29-21(6-4-5-15-26)22(31)27-18-9-7-17(8-10-18)16-36-23(32)28-19-11-13-20(14-12-19)30(34)35/h7-14,21H,4-6,15-16,26H2,1-3H3,(H,27,31)(H,28,32)(H,29,33)/p+1. The molecule has 0 aliphatic heterocycles. The summed E-state index contributed by atoms with van der Waals surface area (Å²) in [6, 6.07) is 11.3. The summed E-state index contributed by atoms with van der Waals surface area (Å²) in [6.07, 6.45) is 0.601. The van der Waals surface area contributed by atoms with Crippen molar-refractivity contribution in [3.8, 4) is 0 Å². The number of anilines is 2. The van der Waals surface area contributed by atoms with E-state index in [1.807, 2.05) is 0 Å². The third-order valence-electron chi connectivity index (χ3n) is 4.92. The summed E-state index contributed by atoms with van der Waals surface area (Å²) in [4.78, 5) is 47.2. The van der Waals surface area contributed by atoms with Crippen LogP contribution in [0.5, 0.6) is 0 Å². The summed E-state index contributed by atoms with van der Waals surface area (Å²) in [6.45, 7) is 5.94. The van der Waals surface area contributed by atoms with Crippen molar-refractivity contribution in [1.29, 1.82) is 0 Å². The van der Waals surface area contributed by atoms with Crippen molar-refractivity contribution < 1.29 is 34.5 Å². The molecule has 0 fully saturated rings. The van der Waals surface area contributed by atoms with Crippen LogP contribution in [0.1, 0.15) is 45.6 Å². The molecule has 0 aliphatic rings. The predicted molar refractivity (Wildman–Crippen MR) is 137 cm³/mol. The number of benzene rings is 2. The molecule has 200 valence electrons. The number of nitrogens with one attached hydrogen (secondary N) is 3. The van der Waals surface area contributed by atoms with Gasteiger partial charge in [0.2, 0.25) is 5.91 Å². The number of ether oxygens (including phenoxy) is 2. The Labute approximate surface area is 215 Å². The minimum Gasteiger partial charge on any atom is -0.444 e. The van der Waals surface area contributed by atoms with Gasteiger partial charge in [-0.1, -0.05) is 12.1 Å². The molecule has 0 radical (unpaired) electrons. The second-order valence-corrected chi connectivity index (χ2v) is 9.24. The van der Waals surface area contributed by atoms with Gasteiger partial charge in [-0.15, -0.1) is 0 Å². The van der Waals surface area contributed by atoms with Gasteiger partial charge in [-0.05, 0) is 69.9 Å². The van der Waals surface area contributed by atoms with Crippen LogP contribution in [0, 0.1) is 10.1 Å². The third-order valence-corrected chi connectivity index (χ3v) is 4.92. The first-order valence-corrected chi connectivity index (χ1v) is 11.8. The molecule has 37 heavy (non-hydrogen) atoms. The van der Waals surface area contributed by atoms with Crippen molar-refractivity contribution in [3.63, 3.8) is 0 Å². The number of amides is 3. The average Bonchev–Trinajstić information content (AvgIpc) is 2.82. The van der Waals surface area contributed by atoms with Gasteiger partial charge in [0.15, 0.2) is 0 Å². The molecule has 6 N–H and O–H groups in total. The fraction of sp³-hybridized carbons (Fsp3) is 0.400. The summed E-state index contributed by atoms with van der Waals surface area (Å²) >= 11 is 0. The van der Waals surface area contributed by atoms with Crippen LogP contribution in [0.4, 0.5) is 26.7 Å². The van der Waals surface area contributed by atoms with Crippen LogP contribution in [0.2, 0.25) is 0 Å². The molecule has 1 unspecified atom stereocenters. The molecule has 2 aromatic carbocycles. The fourth-order valence-electron chi connectivity index (χ4n) is 3.13. The van der Waals surface area contributed by atoms with E-state index in [0.717, 1.165) is 19.4 Å². The van der Waals surface area contributed by atoms with Crippen molar-refractivity contribution in [1.82, 2.24) is 5.32 Å². The van der Waals surface area contributed by atoms with Gasteiger partial charge in [-0.3, -0.25) is 20.2 Å². The van der Waals surface area contributed by atoms with Gasteiger partial charge in [-0.25, -0.2) is 9.59 Å². The lowest BCUT2D eigenvalue weighted by Crippen LogP contribution is -2.50. The Hall–Kier alpha value is -4.19. The van der Waals surface area contributed by atoms with E-state index in [2.05, 4.69) is 21.7 Å². The maximum Gasteiger partial charge on any atom is 0.411 e. The highest BCUT2D eigenvalue weighted by atomic mass is 16.6. The molecule has 0 aromatic heterocycles. The molecule has 1 atom stereocenters. The number of nitro benzene ring substituents is 1. The molecule has 0 aliphatic carbocycles. The maximum atomic E-state index is 12.8. The molecule has 2 aromatic rings. The summed E-state index contributed by atoms with van der Waals surface area (Å²) in [5.41, 5.74) is 4.57. The lowest BCUT2D eigenvalue weighted by molar-refractivity contribution is -0.384. The van der Waals surface area contributed by atoms with Gasteiger partial charge < -0.3 is 25.8 Å². The first kappa shape index (κ1) is 29.0. The first-order chi connectivity index (χ1) is 17.5. The highest BCUT2D eigenvalue weighted by molar-refractivity contribution is 5.96. The second kappa shape index (κ2) is 13.8. The Morgan fingerprint density at radius 2 is 1.54 bits per heavy atom. The molecular weight excluding hydrogens is 482 g/mol. The van der Waals surface area contributed by atoms with Gasteiger partial charge in [-0.2, -0.15) is 0 Å². The number of nitro groups is 1. The van der Waals surface area contributed by atoms with E-state index >= 15 is 0 Å². The van der Waals surface area contributed by atoms with Crippen LogP contribution in [-0.2, 0) is 20.9 Å². The third kappa shape index (κ3) is 10.9. The quantitative estimate of drug-likeness (QED) is 0.200. The number of unbranched alkanes of at least 4 members (excludes halogenated alkanes) is 1. The van der Waals surface area contributed by atoms with Crippen molar-refractivity contribution in [2.45, 2.75) is 58.3 Å². The minimum absolute atomic E-state index is 0.0269. The van der Waals surface area contributed by atoms with E-state index in [4.69, 9.17) is 9.47 Å². The van der Waals surface area contributed by atoms with Crippen LogP contribution in [0.25, 0.3) is 0 Å². The summed E-state index contributed by atoms with van der Waals surface area (Å²) < 4.78 is 10.4. The van der Waals surface area contributed by atoms with E-state index in [0.29, 0.717) is 23.4 Å². The van der Waals surface area contributed by atoms with Crippen LogP contribution in [0.15, 0.2) is 48.5 Å². The van der Waals surface area contributed by atoms with E-state index < -0.39 is 28.8 Å². The number of quaternary nitrogens is 1. The van der Waals surface area contributed by atoms with Gasteiger partial charge in [0.25, 0.3) is 5.69 Å². The zero-order valence-electron chi connectivity index (χ0n) is 21.2. The normalized spacial score (nSPS) is 11.7. The molecule has 0 bridgehead atoms. The minimum atomic E-state index is -0.771. The number of rotatable bonds is 11. The van der Waals surface area contributed by atoms with Crippen molar-refractivity contribution >= 4 is 35.2 Å². The van der Waals surface area contributed by atoms with Crippen LogP contribution < -0.4 is 21.7 Å². The molecule has 0 saturated heterocycles. The topological polar surface area (TPSA) is 177 Å². The number of alkyl carbamates (subject to hydrolysis) is 1. The number of carbonyl (C=O) groups is 3. The number of non-ortho nitro benzene ring substituents is 1. The van der Waals surface area contributed by atoms with E-state index in [-0.39, 0.29) is 18.2 Å². The Kier molecular flexibility index (Phi) is 10.8. The lowest BCUT2D eigenvalue weighted by Gasteiger charge is -2.23. The Morgan fingerprint density at radius 3 is 2.11 bits per heavy atom. The first-order valence-electron chi connectivity index (χ1n) is 11.8. The van der Waals surface area contributed by atoms with Crippen molar-refractivity contribution in [2.24, 2.45) is 0 Å². The Bertz CT molecular complexity index is 1070. The van der Waals surface area contributed by atoms with Crippen molar-refractivity contribution in [3.05, 3.63) is 64.2 Å². The van der Waals surface area contributed by atoms with Gasteiger partial charge in [0.1, 0.15) is 18.2 Å². The van der Waals surface area contributed by atoms with Gasteiger partial charge in [0.05, 0.1) is 11.5 Å². The average molecular weight is 517 g/mol. The maximum absolute atomic E-state index is 12.8. The largest absolute Gasteiger partial charge is 0.444 e. The van der Waals surface area contributed by atoms with Crippen molar-refractivity contribution in [2.75, 3.05) is 17.2 Å². The van der Waals surface area contributed by atoms with Gasteiger partial charge in [0, 0.05) is 23.5 Å². The molecule has 0 spiro atoms. The van der Waals surface area contributed by atoms with Crippen LogP contribution in [-0.4, -0.2) is 41.2 Å². The molecular formula is C25H34N5O7+. The van der Waals surface area contributed by atoms with Gasteiger partial charge >= 0.3 is 12.2 Å². The molecule has 12 heteroatoms. The zero-order valence-corrected chi connectivity index (χ0v) is 21.2. The molecule has 0 heterocycles. The summed E-state index contributed by atoms with van der Waals surface area (Å²) in [7, 11) is 0. The second-order valence-electron chi connectivity index (χ2n) is 9.24. The van der Waals surface area contributed by atoms with E-state index in [9.17, 15) is 24.5 Å². The molecule has 3 amide bonds. The number of hydrogen-bond acceptors (Lipinski definition) is 7. The van der Waals surface area contributed by atoms with E-state index in [1.54, 1.807) is 45.0 Å².